The van der Waals surface area contributed by atoms with Crippen LogP contribution in [0.25, 0.3) is 102 Å². The smallest absolute Gasteiger partial charge is 0.0465 e. The summed E-state index contributed by atoms with van der Waals surface area (Å²) in [4.78, 5) is 5.05. The van der Waals surface area contributed by atoms with E-state index < -0.39 is 0 Å². The molecule has 0 amide bonds. The molecule has 0 saturated heterocycles. The zero-order valence-electron chi connectivity index (χ0n) is 62.8. The molecule has 14 aromatic carbocycles. The number of fused-ring (bicyclic) bond motifs is 19. The number of hydrogen-bond donors (Lipinski definition) is 0. The Morgan fingerprint density at radius 2 is 0.387 bits per heavy atom. The van der Waals surface area contributed by atoms with Crippen molar-refractivity contribution >= 4 is 69.2 Å². The molecule has 106 heavy (non-hydrogen) atoms. The molecule has 6 aliphatic rings. The van der Waals surface area contributed by atoms with Gasteiger partial charge in [0.05, 0.1) is 0 Å². The van der Waals surface area contributed by atoms with E-state index in [1.165, 1.54) is 189 Å². The average Bonchev–Trinajstić information content (AvgIpc) is 1.65. The summed E-state index contributed by atoms with van der Waals surface area (Å²) in [5.41, 5.74) is 43.1. The summed E-state index contributed by atoms with van der Waals surface area (Å²) >= 11 is 0. The number of nitrogens with zero attached hydrogens (tertiary/aromatic N) is 2. The maximum atomic E-state index is 2.53. The van der Waals surface area contributed by atoms with Crippen LogP contribution in [0.15, 0.2) is 279 Å². The average molecular weight is 1360 g/mol. The number of anilines is 6. The molecule has 0 fully saturated rings. The Morgan fingerprint density at radius 1 is 0.179 bits per heavy atom. The summed E-state index contributed by atoms with van der Waals surface area (Å²) in [6, 6.07) is 107. The predicted octanol–water partition coefficient (Wildman–Crippen LogP) is 28.0. The van der Waals surface area contributed by atoms with Crippen molar-refractivity contribution in [2.75, 3.05) is 9.80 Å². The Morgan fingerprint density at radius 3 is 0.642 bits per heavy atom. The zero-order valence-corrected chi connectivity index (χ0v) is 62.8. The van der Waals surface area contributed by atoms with Crippen molar-refractivity contribution in [3.05, 3.63) is 368 Å². The van der Waals surface area contributed by atoms with Crippen LogP contribution in [-0.2, 0) is 32.5 Å². The molecule has 2 heteroatoms. The molecule has 0 aliphatic heterocycles. The third-order valence-electron chi connectivity index (χ3n) is 26.1. The Balaban J connectivity index is 0.590. The Labute approximate surface area is 625 Å². The van der Waals surface area contributed by atoms with E-state index in [0.29, 0.717) is 0 Å². The van der Waals surface area contributed by atoms with Gasteiger partial charge in [-0.1, -0.05) is 314 Å². The lowest BCUT2D eigenvalue weighted by Crippen LogP contribution is -2.19. The van der Waals surface area contributed by atoms with Crippen molar-refractivity contribution in [2.24, 2.45) is 0 Å². The molecule has 20 rings (SSSR count). The number of rotatable bonds is 10. The lowest BCUT2D eigenvalue weighted by atomic mass is 9.81. The van der Waals surface area contributed by atoms with E-state index in [2.05, 4.69) is 396 Å². The molecule has 0 spiro atoms. The van der Waals surface area contributed by atoms with Gasteiger partial charge in [-0.2, -0.15) is 0 Å². The third kappa shape index (κ3) is 9.16. The topological polar surface area (TPSA) is 6.48 Å². The van der Waals surface area contributed by atoms with Crippen molar-refractivity contribution < 1.29 is 0 Å². The maximum absolute atomic E-state index is 2.53. The molecular weight excluding hydrogens is 1280 g/mol. The first-order valence-corrected chi connectivity index (χ1v) is 38.1. The van der Waals surface area contributed by atoms with Gasteiger partial charge in [0.1, 0.15) is 0 Å². The normalized spacial score (nSPS) is 16.3. The Hall–Kier alpha value is -11.6. The van der Waals surface area contributed by atoms with Gasteiger partial charge in [-0.05, 0) is 239 Å². The van der Waals surface area contributed by atoms with Crippen LogP contribution >= 0.6 is 0 Å². The van der Waals surface area contributed by atoms with Crippen molar-refractivity contribution in [3.63, 3.8) is 0 Å². The van der Waals surface area contributed by atoms with Crippen molar-refractivity contribution in [1.82, 2.24) is 0 Å². The first-order valence-electron chi connectivity index (χ1n) is 38.1. The summed E-state index contributed by atoms with van der Waals surface area (Å²) < 4.78 is 0. The largest absolute Gasteiger partial charge is 0.310 e. The molecule has 0 heterocycles. The zero-order chi connectivity index (χ0) is 72.3. The van der Waals surface area contributed by atoms with E-state index in [0.717, 1.165) is 11.4 Å². The minimum absolute atomic E-state index is 0.136. The van der Waals surface area contributed by atoms with Gasteiger partial charge in [0.15, 0.2) is 0 Å². The van der Waals surface area contributed by atoms with Crippen molar-refractivity contribution in [3.8, 4) is 66.8 Å². The van der Waals surface area contributed by atoms with E-state index in [1.54, 1.807) is 0 Å². The second-order valence-corrected chi connectivity index (χ2v) is 34.0. The SMILES string of the molecule is CC1(C)c2ccccc2-c2ccc(N(c3ccc4c(c3)C(C)(C)c3ccccc3-4)c3ccc4c(c3)C(C)(C)c3cc(/C=C/c5cccc6c(/C=C/c7ccc8c(c7)C(C)(C)c7cc(N(c9ccc%10c(c9)C(C)(C)c9ccccc9-%10)c9ccc%10c(c9)C(C)(C)c9ccccc9-%10)ccc7-8)cccc56)ccc3-4)cc21. The molecule has 0 radical (unpaired) electrons. The van der Waals surface area contributed by atoms with Crippen LogP contribution in [0.4, 0.5) is 34.1 Å². The molecule has 0 aromatic heterocycles. The summed E-state index contributed by atoms with van der Waals surface area (Å²) in [7, 11) is 0. The van der Waals surface area contributed by atoms with Gasteiger partial charge in [0.25, 0.3) is 0 Å². The molecule has 2 nitrogen and oxygen atoms in total. The fourth-order valence-electron chi connectivity index (χ4n) is 20.2. The summed E-state index contributed by atoms with van der Waals surface area (Å²) in [6.07, 6.45) is 9.26. The van der Waals surface area contributed by atoms with Gasteiger partial charge >= 0.3 is 0 Å². The third-order valence-corrected chi connectivity index (χ3v) is 26.1. The van der Waals surface area contributed by atoms with Gasteiger partial charge in [0, 0.05) is 66.6 Å². The first kappa shape index (κ1) is 64.1. The van der Waals surface area contributed by atoms with Crippen LogP contribution in [0.1, 0.15) is 172 Å². The van der Waals surface area contributed by atoms with Gasteiger partial charge in [0.2, 0.25) is 0 Å². The molecule has 14 aromatic rings. The van der Waals surface area contributed by atoms with Gasteiger partial charge < -0.3 is 9.80 Å². The fourth-order valence-corrected chi connectivity index (χ4v) is 20.2. The lowest BCUT2D eigenvalue weighted by Gasteiger charge is -2.31. The maximum Gasteiger partial charge on any atom is 0.0465 e. The minimum atomic E-state index is -0.255. The predicted molar refractivity (Wildman–Crippen MR) is 449 cm³/mol. The second-order valence-electron chi connectivity index (χ2n) is 34.0. The van der Waals surface area contributed by atoms with Crippen LogP contribution in [0.3, 0.4) is 0 Å². The number of benzene rings is 14. The minimum Gasteiger partial charge on any atom is -0.310 e. The highest BCUT2D eigenvalue weighted by Crippen LogP contribution is 2.59. The molecule has 0 N–H and O–H groups in total. The highest BCUT2D eigenvalue weighted by molar-refractivity contribution is 6.00. The van der Waals surface area contributed by atoms with Crippen LogP contribution in [0, 0.1) is 0 Å². The second kappa shape index (κ2) is 22.5. The highest BCUT2D eigenvalue weighted by Gasteiger charge is 2.43. The molecule has 0 saturated carbocycles. The summed E-state index contributed by atoms with van der Waals surface area (Å²) in [5.74, 6) is 0. The van der Waals surface area contributed by atoms with E-state index in [4.69, 9.17) is 0 Å². The van der Waals surface area contributed by atoms with Crippen LogP contribution < -0.4 is 9.80 Å². The molecule has 0 unspecified atom stereocenters. The first-order chi connectivity index (χ1) is 51.1. The summed E-state index contributed by atoms with van der Waals surface area (Å²) in [6.45, 7) is 28.8. The molecule has 0 bridgehead atoms. The lowest BCUT2D eigenvalue weighted by molar-refractivity contribution is 0.659. The molecule has 512 valence electrons. The van der Waals surface area contributed by atoms with E-state index in [1.807, 2.05) is 0 Å². The van der Waals surface area contributed by atoms with E-state index >= 15 is 0 Å². The van der Waals surface area contributed by atoms with Gasteiger partial charge in [-0.3, -0.25) is 0 Å². The van der Waals surface area contributed by atoms with Gasteiger partial charge in [-0.15, -0.1) is 0 Å². The quantitative estimate of drug-likeness (QED) is 0.126. The molecule has 0 atom stereocenters. The standard InChI is InChI=1S/C104H86N2/c1-99(2)87-31-17-13-25-75(87)81-49-41-67(57-93(81)99)105(68-42-50-82-76-26-14-18-32-88(76)100(3,4)94(82)58-68)71-45-53-85-79-47-37-63(55-91(79)103(9,10)97(85)61-71)35-39-65-23-21-30-74-66(24-22-29-73(65)74)40-36-64-38-48-80-86-54-46-72(62-98(86)104(11,12)92(80)56-64)106(69-43-51-83-77-27-15-19-33-89(77)101(5,6)95(83)59-69)70-44-52-84-78-28-16-20-34-90(78)102(7,8)96(84)60-70/h13-62H,1-12H3/b39-35+,40-36+. The molecular formula is C104H86N2. The van der Waals surface area contributed by atoms with Crippen molar-refractivity contribution in [1.29, 1.82) is 0 Å². The highest BCUT2D eigenvalue weighted by atomic mass is 15.1. The summed E-state index contributed by atoms with van der Waals surface area (Å²) in [5, 5.41) is 2.47. The van der Waals surface area contributed by atoms with Crippen LogP contribution in [0.2, 0.25) is 0 Å². The monoisotopic (exact) mass is 1360 g/mol. The fraction of sp³-hybridized carbons (Fsp3) is 0.173. The number of hydrogen-bond acceptors (Lipinski definition) is 2. The Kier molecular flexibility index (Phi) is 13.6. The van der Waals surface area contributed by atoms with Crippen molar-refractivity contribution in [2.45, 2.75) is 116 Å². The Bertz CT molecular complexity index is 5630. The molecule has 6 aliphatic carbocycles. The van der Waals surface area contributed by atoms with Crippen LogP contribution in [-0.4, -0.2) is 0 Å². The van der Waals surface area contributed by atoms with Crippen LogP contribution in [0.5, 0.6) is 0 Å². The van der Waals surface area contributed by atoms with E-state index in [-0.39, 0.29) is 32.5 Å². The van der Waals surface area contributed by atoms with E-state index in [9.17, 15) is 0 Å². The van der Waals surface area contributed by atoms with Gasteiger partial charge in [-0.25, -0.2) is 0 Å².